The number of rotatable bonds is 10. The molecule has 1 rings (SSSR count). The highest BCUT2D eigenvalue weighted by molar-refractivity contribution is 5.76. The lowest BCUT2D eigenvalue weighted by Gasteiger charge is -2.19. The van der Waals surface area contributed by atoms with Crippen LogP contribution in [0.2, 0.25) is 0 Å². The number of nitro benzene ring substituents is 1. The fourth-order valence-electron chi connectivity index (χ4n) is 2.03. The molecule has 7 nitrogen and oxygen atoms in total. The number of methoxy groups -OCH3 is 1. The minimum Gasteiger partial charge on any atom is -0.396 e. The maximum atomic E-state index is 11.3. The number of hydrogen-bond donors (Lipinski definition) is 3. The molecule has 0 bridgehead atoms. The number of nitro groups is 1. The number of nitrogens with zero attached hydrogens (tertiary/aromatic N) is 1. The minimum absolute atomic E-state index is 0.0113. The molecule has 0 aromatic heterocycles. The van der Waals surface area contributed by atoms with Crippen molar-refractivity contribution in [3.63, 3.8) is 0 Å². The van der Waals surface area contributed by atoms with Crippen LogP contribution in [0.4, 0.5) is 17.1 Å². The molecule has 0 saturated heterocycles. The number of ether oxygens (including phenoxy) is 1. The molecule has 7 heteroatoms. The van der Waals surface area contributed by atoms with Crippen LogP contribution in [-0.4, -0.2) is 42.9 Å². The second-order valence-corrected chi connectivity index (χ2v) is 4.69. The van der Waals surface area contributed by atoms with Crippen LogP contribution in [0.1, 0.15) is 19.8 Å². The van der Waals surface area contributed by atoms with Gasteiger partial charge in [-0.05, 0) is 25.0 Å². The topological polar surface area (TPSA) is 96.7 Å². The Labute approximate surface area is 124 Å². The summed E-state index contributed by atoms with van der Waals surface area (Å²) >= 11 is 0. The Morgan fingerprint density at radius 2 is 2.14 bits per heavy atom. The van der Waals surface area contributed by atoms with Crippen LogP contribution in [-0.2, 0) is 4.74 Å². The summed E-state index contributed by atoms with van der Waals surface area (Å²) < 4.78 is 5.07. The van der Waals surface area contributed by atoms with Crippen molar-refractivity contribution in [3.05, 3.63) is 28.3 Å². The van der Waals surface area contributed by atoms with Crippen molar-refractivity contribution >= 4 is 17.1 Å². The van der Waals surface area contributed by atoms with Gasteiger partial charge in [0.05, 0.1) is 17.6 Å². The van der Waals surface area contributed by atoms with Crippen molar-refractivity contribution in [1.29, 1.82) is 0 Å². The van der Waals surface area contributed by atoms with Gasteiger partial charge in [0, 0.05) is 20.3 Å². The summed E-state index contributed by atoms with van der Waals surface area (Å²) in [6.45, 7) is 3.02. The Morgan fingerprint density at radius 3 is 2.71 bits per heavy atom. The number of hydrogen-bond acceptors (Lipinski definition) is 6. The normalized spacial score (nSPS) is 12.0. The third-order valence-corrected chi connectivity index (χ3v) is 2.99. The Morgan fingerprint density at radius 1 is 1.43 bits per heavy atom. The third-order valence-electron chi connectivity index (χ3n) is 2.99. The van der Waals surface area contributed by atoms with Gasteiger partial charge in [0.15, 0.2) is 0 Å². The molecule has 0 aliphatic heterocycles. The van der Waals surface area contributed by atoms with E-state index in [2.05, 4.69) is 10.6 Å². The molecular weight excluding hydrogens is 274 g/mol. The van der Waals surface area contributed by atoms with Crippen molar-refractivity contribution in [2.75, 3.05) is 37.5 Å². The lowest BCUT2D eigenvalue weighted by molar-refractivity contribution is -0.383. The maximum absolute atomic E-state index is 11.3. The van der Waals surface area contributed by atoms with Crippen LogP contribution in [0.15, 0.2) is 18.2 Å². The first kappa shape index (κ1) is 17.2. The Balaban J connectivity index is 3.01. The average molecular weight is 297 g/mol. The molecule has 1 aromatic rings. The SMILES string of the molecule is CCCNc1cccc(NC(CCO)COC)c1[N+](=O)[O-]. The molecule has 21 heavy (non-hydrogen) atoms. The molecule has 0 saturated carbocycles. The van der Waals surface area contributed by atoms with Crippen molar-refractivity contribution in [2.45, 2.75) is 25.8 Å². The standard InChI is InChI=1S/C14H23N3O4/c1-3-8-15-12-5-4-6-13(14(12)17(19)20)16-11(7-9-18)10-21-2/h4-6,11,15-16,18H,3,7-10H2,1-2H3. The second-order valence-electron chi connectivity index (χ2n) is 4.69. The Bertz CT molecular complexity index is 448. The lowest BCUT2D eigenvalue weighted by atomic mass is 10.1. The molecular formula is C14H23N3O4. The summed E-state index contributed by atoms with van der Waals surface area (Å²) in [6, 6.07) is 4.93. The zero-order chi connectivity index (χ0) is 15.7. The number of aliphatic hydroxyl groups excluding tert-OH is 1. The second kappa shape index (κ2) is 9.15. The molecule has 0 aliphatic rings. The van der Waals surface area contributed by atoms with E-state index in [4.69, 9.17) is 9.84 Å². The van der Waals surface area contributed by atoms with Crippen molar-refractivity contribution < 1.29 is 14.8 Å². The van der Waals surface area contributed by atoms with Gasteiger partial charge >= 0.3 is 5.69 Å². The molecule has 0 radical (unpaired) electrons. The van der Waals surface area contributed by atoms with E-state index in [1.54, 1.807) is 25.3 Å². The van der Waals surface area contributed by atoms with Crippen molar-refractivity contribution in [2.24, 2.45) is 0 Å². The maximum Gasteiger partial charge on any atom is 0.315 e. The first-order chi connectivity index (χ1) is 10.1. The average Bonchev–Trinajstić information content (AvgIpc) is 2.45. The fraction of sp³-hybridized carbons (Fsp3) is 0.571. The zero-order valence-corrected chi connectivity index (χ0v) is 12.5. The monoisotopic (exact) mass is 297 g/mol. The first-order valence-electron chi connectivity index (χ1n) is 7.01. The largest absolute Gasteiger partial charge is 0.396 e. The smallest absolute Gasteiger partial charge is 0.315 e. The zero-order valence-electron chi connectivity index (χ0n) is 12.5. The number of anilines is 2. The minimum atomic E-state index is -0.400. The van der Waals surface area contributed by atoms with E-state index >= 15 is 0 Å². The van der Waals surface area contributed by atoms with Gasteiger partial charge < -0.3 is 20.5 Å². The first-order valence-corrected chi connectivity index (χ1v) is 7.01. The van der Waals surface area contributed by atoms with Crippen LogP contribution >= 0.6 is 0 Å². The fourth-order valence-corrected chi connectivity index (χ4v) is 2.03. The van der Waals surface area contributed by atoms with E-state index in [0.29, 0.717) is 30.9 Å². The van der Waals surface area contributed by atoms with Crippen LogP contribution in [0.5, 0.6) is 0 Å². The number of nitrogens with one attached hydrogen (secondary N) is 2. The van der Waals surface area contributed by atoms with Gasteiger partial charge in [0.1, 0.15) is 11.4 Å². The van der Waals surface area contributed by atoms with E-state index in [0.717, 1.165) is 6.42 Å². The summed E-state index contributed by atoms with van der Waals surface area (Å²) in [5, 5.41) is 26.5. The van der Waals surface area contributed by atoms with Crippen LogP contribution in [0, 0.1) is 10.1 Å². The molecule has 0 amide bonds. The highest BCUT2D eigenvalue weighted by Crippen LogP contribution is 2.33. The van der Waals surface area contributed by atoms with Gasteiger partial charge in [0.25, 0.3) is 0 Å². The molecule has 3 N–H and O–H groups in total. The molecule has 1 aromatic carbocycles. The van der Waals surface area contributed by atoms with E-state index in [1.807, 2.05) is 6.92 Å². The number of para-hydroxylation sites is 1. The van der Waals surface area contributed by atoms with Crippen molar-refractivity contribution in [3.8, 4) is 0 Å². The molecule has 118 valence electrons. The number of benzene rings is 1. The summed E-state index contributed by atoms with van der Waals surface area (Å²) in [5.74, 6) is 0. The highest BCUT2D eigenvalue weighted by Gasteiger charge is 2.21. The Hall–Kier alpha value is -1.86. The third kappa shape index (κ3) is 5.20. The molecule has 1 atom stereocenters. The van der Waals surface area contributed by atoms with Gasteiger partial charge in [-0.2, -0.15) is 0 Å². The van der Waals surface area contributed by atoms with E-state index < -0.39 is 4.92 Å². The quantitative estimate of drug-likeness (QED) is 0.452. The predicted molar refractivity (Wildman–Crippen MR) is 82.9 cm³/mol. The highest BCUT2D eigenvalue weighted by atomic mass is 16.6. The van der Waals surface area contributed by atoms with E-state index in [1.165, 1.54) is 0 Å². The summed E-state index contributed by atoms with van der Waals surface area (Å²) in [6.07, 6.45) is 1.34. The van der Waals surface area contributed by atoms with Gasteiger partial charge in [-0.15, -0.1) is 0 Å². The van der Waals surface area contributed by atoms with Crippen molar-refractivity contribution in [1.82, 2.24) is 0 Å². The molecule has 1 unspecified atom stereocenters. The van der Waals surface area contributed by atoms with Crippen LogP contribution in [0.3, 0.4) is 0 Å². The summed E-state index contributed by atoms with van der Waals surface area (Å²) in [7, 11) is 1.56. The molecule has 0 heterocycles. The molecule has 0 fully saturated rings. The van der Waals surface area contributed by atoms with Gasteiger partial charge in [-0.3, -0.25) is 10.1 Å². The van der Waals surface area contributed by atoms with Gasteiger partial charge in [-0.1, -0.05) is 13.0 Å². The van der Waals surface area contributed by atoms with E-state index in [-0.39, 0.29) is 18.3 Å². The lowest BCUT2D eigenvalue weighted by Crippen LogP contribution is -2.26. The van der Waals surface area contributed by atoms with Gasteiger partial charge in [0.2, 0.25) is 0 Å². The Kier molecular flexibility index (Phi) is 7.49. The molecule has 0 aliphatic carbocycles. The van der Waals surface area contributed by atoms with E-state index in [9.17, 15) is 10.1 Å². The summed E-state index contributed by atoms with van der Waals surface area (Å²) in [5.41, 5.74) is 0.939. The predicted octanol–water partition coefficient (Wildman–Crippen LogP) is 2.23. The number of aliphatic hydroxyl groups is 1. The van der Waals surface area contributed by atoms with Gasteiger partial charge in [-0.25, -0.2) is 0 Å². The van der Waals surface area contributed by atoms with Crippen LogP contribution in [0.25, 0.3) is 0 Å². The summed E-state index contributed by atoms with van der Waals surface area (Å²) in [4.78, 5) is 10.9. The van der Waals surface area contributed by atoms with Crippen LogP contribution < -0.4 is 10.6 Å². The molecule has 0 spiro atoms.